The van der Waals surface area contributed by atoms with Crippen LogP contribution in [0.3, 0.4) is 0 Å². The van der Waals surface area contributed by atoms with Crippen LogP contribution in [0.4, 0.5) is 4.39 Å². The van der Waals surface area contributed by atoms with Gasteiger partial charge in [0.2, 0.25) is 0 Å². The van der Waals surface area contributed by atoms with Crippen molar-refractivity contribution in [2.75, 3.05) is 0 Å². The topological polar surface area (TPSA) is 26.0 Å². The molecule has 2 aliphatic rings. The zero-order valence-electron chi connectivity index (χ0n) is 5.44. The van der Waals surface area contributed by atoms with Crippen LogP contribution in [-0.2, 0) is 0 Å². The van der Waals surface area contributed by atoms with Gasteiger partial charge in [-0.05, 0) is 31.6 Å². The summed E-state index contributed by atoms with van der Waals surface area (Å²) in [7, 11) is 0. The van der Waals surface area contributed by atoms with Gasteiger partial charge in [0.1, 0.15) is 6.17 Å². The maximum Gasteiger partial charge on any atom is 0.121 e. The molecule has 1 unspecified atom stereocenters. The Bertz CT molecular complexity index is 127. The second-order valence-electron chi connectivity index (χ2n) is 3.47. The second kappa shape index (κ2) is 1.48. The molecule has 0 bridgehead atoms. The SMILES string of the molecule is NC1(C(F)C2CC2)CC1. The van der Waals surface area contributed by atoms with Crippen molar-refractivity contribution < 1.29 is 4.39 Å². The second-order valence-corrected chi connectivity index (χ2v) is 3.47. The van der Waals surface area contributed by atoms with E-state index in [0.29, 0.717) is 5.92 Å². The molecule has 0 amide bonds. The summed E-state index contributed by atoms with van der Waals surface area (Å²) >= 11 is 0. The van der Waals surface area contributed by atoms with Crippen molar-refractivity contribution in [1.82, 2.24) is 0 Å². The van der Waals surface area contributed by atoms with Gasteiger partial charge >= 0.3 is 0 Å². The largest absolute Gasteiger partial charge is 0.323 e. The number of hydrogen-bond donors (Lipinski definition) is 1. The molecule has 2 fully saturated rings. The van der Waals surface area contributed by atoms with Crippen molar-refractivity contribution in [3.8, 4) is 0 Å². The van der Waals surface area contributed by atoms with E-state index in [-0.39, 0.29) is 5.54 Å². The van der Waals surface area contributed by atoms with Crippen LogP contribution in [0.1, 0.15) is 25.7 Å². The van der Waals surface area contributed by atoms with Gasteiger partial charge in [-0.15, -0.1) is 0 Å². The molecular weight excluding hydrogens is 117 g/mol. The van der Waals surface area contributed by atoms with E-state index in [2.05, 4.69) is 0 Å². The van der Waals surface area contributed by atoms with E-state index >= 15 is 0 Å². The van der Waals surface area contributed by atoms with E-state index in [0.717, 1.165) is 25.7 Å². The van der Waals surface area contributed by atoms with Crippen molar-refractivity contribution in [3.05, 3.63) is 0 Å². The third-order valence-electron chi connectivity index (χ3n) is 2.41. The first-order valence-corrected chi connectivity index (χ1v) is 3.65. The van der Waals surface area contributed by atoms with E-state index in [1.54, 1.807) is 0 Å². The lowest BCUT2D eigenvalue weighted by Crippen LogP contribution is -2.35. The van der Waals surface area contributed by atoms with Gasteiger partial charge in [0.05, 0.1) is 0 Å². The standard InChI is InChI=1S/C7H12FN/c8-6(5-1-2-5)7(9)3-4-7/h5-6H,1-4,9H2. The van der Waals surface area contributed by atoms with Crippen molar-refractivity contribution in [3.63, 3.8) is 0 Å². The van der Waals surface area contributed by atoms with E-state index in [1.165, 1.54) is 0 Å². The Morgan fingerprint density at radius 2 is 2.00 bits per heavy atom. The molecule has 0 spiro atoms. The van der Waals surface area contributed by atoms with Crippen LogP contribution in [0.15, 0.2) is 0 Å². The Hall–Kier alpha value is -0.110. The summed E-state index contributed by atoms with van der Waals surface area (Å²) in [5.41, 5.74) is 5.28. The molecular formula is C7H12FN. The van der Waals surface area contributed by atoms with Gasteiger partial charge in [-0.1, -0.05) is 0 Å². The van der Waals surface area contributed by atoms with Crippen LogP contribution < -0.4 is 5.73 Å². The Morgan fingerprint density at radius 3 is 2.33 bits per heavy atom. The zero-order valence-corrected chi connectivity index (χ0v) is 5.44. The fourth-order valence-corrected chi connectivity index (χ4v) is 1.28. The number of rotatable bonds is 2. The molecule has 0 aromatic carbocycles. The van der Waals surface area contributed by atoms with Crippen molar-refractivity contribution in [2.24, 2.45) is 11.7 Å². The minimum atomic E-state index is -0.683. The van der Waals surface area contributed by atoms with Crippen molar-refractivity contribution >= 4 is 0 Å². The van der Waals surface area contributed by atoms with Gasteiger partial charge in [-0.3, -0.25) is 0 Å². The average Bonchev–Trinajstić information content (AvgIpc) is 2.54. The predicted molar refractivity (Wildman–Crippen MR) is 33.8 cm³/mol. The maximum atomic E-state index is 13.0. The van der Waals surface area contributed by atoms with E-state index in [1.807, 2.05) is 0 Å². The lowest BCUT2D eigenvalue weighted by atomic mass is 10.1. The van der Waals surface area contributed by atoms with Crippen LogP contribution >= 0.6 is 0 Å². The summed E-state index contributed by atoms with van der Waals surface area (Å²) in [5.74, 6) is 0.331. The van der Waals surface area contributed by atoms with Gasteiger partial charge in [-0.25, -0.2) is 4.39 Å². The molecule has 0 aromatic rings. The van der Waals surface area contributed by atoms with Crippen LogP contribution in [0.5, 0.6) is 0 Å². The minimum absolute atomic E-state index is 0.331. The highest BCUT2D eigenvalue weighted by atomic mass is 19.1. The lowest BCUT2D eigenvalue weighted by molar-refractivity contribution is 0.236. The van der Waals surface area contributed by atoms with Gasteiger partial charge < -0.3 is 5.73 Å². The Kier molecular flexibility index (Phi) is 0.933. The summed E-state index contributed by atoms with van der Waals surface area (Å²) < 4.78 is 13.0. The molecule has 2 N–H and O–H groups in total. The molecule has 2 heteroatoms. The summed E-state index contributed by atoms with van der Waals surface area (Å²) in [6.07, 6.45) is 3.27. The van der Waals surface area contributed by atoms with E-state index in [4.69, 9.17) is 5.73 Å². The molecule has 52 valence electrons. The monoisotopic (exact) mass is 129 g/mol. The molecule has 0 aliphatic heterocycles. The Morgan fingerprint density at radius 1 is 1.44 bits per heavy atom. The third kappa shape index (κ3) is 0.855. The third-order valence-corrected chi connectivity index (χ3v) is 2.41. The van der Waals surface area contributed by atoms with Crippen molar-refractivity contribution in [2.45, 2.75) is 37.4 Å². The van der Waals surface area contributed by atoms with Gasteiger partial charge in [-0.2, -0.15) is 0 Å². The summed E-state index contributed by atoms with van der Waals surface area (Å²) in [6.45, 7) is 0. The molecule has 2 rings (SSSR count). The molecule has 9 heavy (non-hydrogen) atoms. The molecule has 1 nitrogen and oxygen atoms in total. The normalized spacial score (nSPS) is 34.0. The molecule has 0 aromatic heterocycles. The highest BCUT2D eigenvalue weighted by Gasteiger charge is 2.52. The maximum absolute atomic E-state index is 13.0. The predicted octanol–water partition coefficient (Wildman–Crippen LogP) is 1.23. The molecule has 0 heterocycles. The van der Waals surface area contributed by atoms with Crippen LogP contribution in [0.25, 0.3) is 0 Å². The smallest absolute Gasteiger partial charge is 0.121 e. The lowest BCUT2D eigenvalue weighted by Gasteiger charge is -2.12. The first kappa shape index (κ1) is 5.66. The van der Waals surface area contributed by atoms with Crippen LogP contribution in [0.2, 0.25) is 0 Å². The first-order valence-electron chi connectivity index (χ1n) is 3.65. The Balaban J connectivity index is 1.95. The van der Waals surface area contributed by atoms with Crippen LogP contribution in [0, 0.1) is 5.92 Å². The molecule has 1 atom stereocenters. The highest BCUT2D eigenvalue weighted by Crippen LogP contribution is 2.47. The molecule has 0 saturated heterocycles. The molecule has 2 aliphatic carbocycles. The van der Waals surface area contributed by atoms with Crippen LogP contribution in [-0.4, -0.2) is 11.7 Å². The number of alkyl halides is 1. The minimum Gasteiger partial charge on any atom is -0.323 e. The Labute approximate surface area is 54.4 Å². The summed E-state index contributed by atoms with van der Waals surface area (Å²) in [4.78, 5) is 0. The number of halogens is 1. The van der Waals surface area contributed by atoms with Crippen molar-refractivity contribution in [1.29, 1.82) is 0 Å². The average molecular weight is 129 g/mol. The molecule has 2 saturated carbocycles. The first-order chi connectivity index (χ1) is 4.22. The highest BCUT2D eigenvalue weighted by molar-refractivity contribution is 5.08. The quantitative estimate of drug-likeness (QED) is 0.596. The summed E-state index contributed by atoms with van der Waals surface area (Å²) in [6, 6.07) is 0. The van der Waals surface area contributed by atoms with Gasteiger partial charge in [0.15, 0.2) is 0 Å². The van der Waals surface area contributed by atoms with Gasteiger partial charge in [0.25, 0.3) is 0 Å². The number of hydrogen-bond acceptors (Lipinski definition) is 1. The van der Waals surface area contributed by atoms with Gasteiger partial charge in [0, 0.05) is 5.54 Å². The molecule has 0 radical (unpaired) electrons. The van der Waals surface area contributed by atoms with E-state index < -0.39 is 6.17 Å². The van der Waals surface area contributed by atoms with E-state index in [9.17, 15) is 4.39 Å². The summed E-state index contributed by atoms with van der Waals surface area (Å²) in [5, 5.41) is 0. The fourth-order valence-electron chi connectivity index (χ4n) is 1.28. The zero-order chi connectivity index (χ0) is 6.48. The fraction of sp³-hybridized carbons (Fsp3) is 1.00. The number of nitrogens with two attached hydrogens (primary N) is 1.